The Morgan fingerprint density at radius 2 is 1.69 bits per heavy atom. The first-order valence-corrected chi connectivity index (χ1v) is 6.62. The molecule has 3 nitrogen and oxygen atoms in total. The van der Waals surface area contributed by atoms with Crippen LogP contribution in [-0.4, -0.2) is 25.2 Å². The van der Waals surface area contributed by atoms with E-state index in [2.05, 4.69) is 5.32 Å². The third kappa shape index (κ3) is 2.97. The lowest BCUT2D eigenvalue weighted by Crippen LogP contribution is -2.39. The molecule has 2 rings (SSSR count). The van der Waals surface area contributed by atoms with Crippen LogP contribution in [0, 0.1) is 5.92 Å². The van der Waals surface area contributed by atoms with Gasteiger partial charge in [0.15, 0.2) is 0 Å². The standard InChI is InChI=1S/C13H23NO2/c1-16-12-8-6-10(7-9-12)13(15)14-11-4-2-3-5-11/h10-12H,2-9H2,1H3,(H,14,15). The average molecular weight is 225 g/mol. The van der Waals surface area contributed by atoms with Crippen LogP contribution in [0.4, 0.5) is 0 Å². The Hall–Kier alpha value is -0.570. The van der Waals surface area contributed by atoms with E-state index >= 15 is 0 Å². The van der Waals surface area contributed by atoms with E-state index < -0.39 is 0 Å². The molecule has 1 N–H and O–H groups in total. The maximum atomic E-state index is 12.0. The van der Waals surface area contributed by atoms with Crippen LogP contribution in [0.3, 0.4) is 0 Å². The third-order valence-electron chi connectivity index (χ3n) is 4.08. The summed E-state index contributed by atoms with van der Waals surface area (Å²) in [4.78, 5) is 12.0. The highest BCUT2D eigenvalue weighted by atomic mass is 16.5. The molecule has 2 saturated carbocycles. The fourth-order valence-electron chi connectivity index (χ4n) is 2.95. The molecular weight excluding hydrogens is 202 g/mol. The van der Waals surface area contributed by atoms with Crippen LogP contribution >= 0.6 is 0 Å². The number of ether oxygens (including phenoxy) is 1. The average Bonchev–Trinajstić information content (AvgIpc) is 2.82. The number of amides is 1. The number of rotatable bonds is 3. The number of nitrogens with one attached hydrogen (secondary N) is 1. The normalized spacial score (nSPS) is 31.6. The summed E-state index contributed by atoms with van der Waals surface area (Å²) in [5, 5.41) is 3.20. The molecule has 0 bridgehead atoms. The van der Waals surface area contributed by atoms with Gasteiger partial charge in [0.05, 0.1) is 6.10 Å². The van der Waals surface area contributed by atoms with Gasteiger partial charge in [-0.2, -0.15) is 0 Å². The third-order valence-corrected chi connectivity index (χ3v) is 4.08. The van der Waals surface area contributed by atoms with E-state index in [1.54, 1.807) is 7.11 Å². The molecule has 0 atom stereocenters. The van der Waals surface area contributed by atoms with Crippen molar-refractivity contribution in [1.29, 1.82) is 0 Å². The van der Waals surface area contributed by atoms with Crippen molar-refractivity contribution < 1.29 is 9.53 Å². The van der Waals surface area contributed by atoms with Crippen LogP contribution in [0.15, 0.2) is 0 Å². The molecule has 1 amide bonds. The molecule has 16 heavy (non-hydrogen) atoms. The van der Waals surface area contributed by atoms with Crippen LogP contribution in [0.5, 0.6) is 0 Å². The first kappa shape index (κ1) is 11.9. The topological polar surface area (TPSA) is 38.3 Å². The van der Waals surface area contributed by atoms with Gasteiger partial charge in [-0.05, 0) is 38.5 Å². The van der Waals surface area contributed by atoms with Gasteiger partial charge in [0, 0.05) is 19.1 Å². The van der Waals surface area contributed by atoms with Gasteiger partial charge >= 0.3 is 0 Å². The maximum absolute atomic E-state index is 12.0. The lowest BCUT2D eigenvalue weighted by atomic mass is 9.86. The van der Waals surface area contributed by atoms with Crippen molar-refractivity contribution in [3.05, 3.63) is 0 Å². The molecule has 0 spiro atoms. The zero-order valence-electron chi connectivity index (χ0n) is 10.2. The van der Waals surface area contributed by atoms with Gasteiger partial charge in [-0.1, -0.05) is 12.8 Å². The van der Waals surface area contributed by atoms with Crippen molar-refractivity contribution in [2.75, 3.05) is 7.11 Å². The molecule has 0 aromatic heterocycles. The van der Waals surface area contributed by atoms with Gasteiger partial charge in [0.1, 0.15) is 0 Å². The van der Waals surface area contributed by atoms with E-state index in [1.807, 2.05) is 0 Å². The van der Waals surface area contributed by atoms with Gasteiger partial charge in [0.2, 0.25) is 5.91 Å². The summed E-state index contributed by atoms with van der Waals surface area (Å²) < 4.78 is 5.32. The molecule has 2 aliphatic rings. The molecular formula is C13H23NO2. The summed E-state index contributed by atoms with van der Waals surface area (Å²) in [6.07, 6.45) is 9.38. The van der Waals surface area contributed by atoms with Crippen molar-refractivity contribution in [3.8, 4) is 0 Å². The lowest BCUT2D eigenvalue weighted by Gasteiger charge is -2.27. The minimum absolute atomic E-state index is 0.243. The first-order chi connectivity index (χ1) is 7.79. The number of carbonyl (C=O) groups excluding carboxylic acids is 1. The molecule has 0 unspecified atom stereocenters. The van der Waals surface area contributed by atoms with E-state index in [9.17, 15) is 4.79 Å². The van der Waals surface area contributed by atoms with Gasteiger partial charge in [-0.3, -0.25) is 4.79 Å². The predicted octanol–water partition coefficient (Wildman–Crippen LogP) is 2.25. The van der Waals surface area contributed by atoms with Crippen LogP contribution in [0.2, 0.25) is 0 Å². The fraction of sp³-hybridized carbons (Fsp3) is 0.923. The second kappa shape index (κ2) is 5.67. The minimum Gasteiger partial charge on any atom is -0.381 e. The Morgan fingerprint density at radius 1 is 1.06 bits per heavy atom. The predicted molar refractivity (Wildman–Crippen MR) is 63.2 cm³/mol. The fourth-order valence-corrected chi connectivity index (χ4v) is 2.95. The number of methoxy groups -OCH3 is 1. The van der Waals surface area contributed by atoms with Crippen molar-refractivity contribution in [2.45, 2.75) is 63.5 Å². The van der Waals surface area contributed by atoms with Crippen LogP contribution in [0.1, 0.15) is 51.4 Å². The van der Waals surface area contributed by atoms with Gasteiger partial charge < -0.3 is 10.1 Å². The minimum atomic E-state index is 0.243. The summed E-state index contributed by atoms with van der Waals surface area (Å²) in [6, 6.07) is 0.465. The van der Waals surface area contributed by atoms with E-state index in [1.165, 1.54) is 25.7 Å². The van der Waals surface area contributed by atoms with E-state index in [0.29, 0.717) is 18.1 Å². The molecule has 0 aromatic rings. The summed E-state index contributed by atoms with van der Waals surface area (Å²) in [5.74, 6) is 0.536. The SMILES string of the molecule is COC1CCC(C(=O)NC2CCCC2)CC1. The molecule has 2 aliphatic carbocycles. The zero-order chi connectivity index (χ0) is 11.4. The quantitative estimate of drug-likeness (QED) is 0.800. The van der Waals surface area contributed by atoms with E-state index in [-0.39, 0.29) is 5.92 Å². The Bertz CT molecular complexity index is 228. The molecule has 0 heterocycles. The first-order valence-electron chi connectivity index (χ1n) is 6.62. The summed E-state index contributed by atoms with van der Waals surface area (Å²) in [5.41, 5.74) is 0. The molecule has 0 radical (unpaired) electrons. The number of carbonyl (C=O) groups is 1. The van der Waals surface area contributed by atoms with Crippen molar-refractivity contribution in [1.82, 2.24) is 5.32 Å². The summed E-state index contributed by atoms with van der Waals surface area (Å²) >= 11 is 0. The molecule has 3 heteroatoms. The Morgan fingerprint density at radius 3 is 2.25 bits per heavy atom. The highest BCUT2D eigenvalue weighted by Crippen LogP contribution is 2.27. The maximum Gasteiger partial charge on any atom is 0.223 e. The number of hydrogen-bond donors (Lipinski definition) is 1. The summed E-state index contributed by atoms with van der Waals surface area (Å²) in [6.45, 7) is 0. The van der Waals surface area contributed by atoms with Gasteiger partial charge in [0.25, 0.3) is 0 Å². The van der Waals surface area contributed by atoms with E-state index in [4.69, 9.17) is 4.74 Å². The highest BCUT2D eigenvalue weighted by molar-refractivity contribution is 5.79. The Balaban J connectivity index is 1.73. The highest BCUT2D eigenvalue weighted by Gasteiger charge is 2.28. The molecule has 0 saturated heterocycles. The van der Waals surface area contributed by atoms with Gasteiger partial charge in [-0.25, -0.2) is 0 Å². The van der Waals surface area contributed by atoms with E-state index in [0.717, 1.165) is 25.7 Å². The largest absolute Gasteiger partial charge is 0.381 e. The molecule has 92 valence electrons. The smallest absolute Gasteiger partial charge is 0.223 e. The molecule has 2 fully saturated rings. The van der Waals surface area contributed by atoms with Crippen LogP contribution < -0.4 is 5.32 Å². The second-order valence-electron chi connectivity index (χ2n) is 5.20. The zero-order valence-corrected chi connectivity index (χ0v) is 10.2. The monoisotopic (exact) mass is 225 g/mol. The number of hydrogen-bond acceptors (Lipinski definition) is 2. The Kier molecular flexibility index (Phi) is 4.22. The second-order valence-corrected chi connectivity index (χ2v) is 5.20. The van der Waals surface area contributed by atoms with Crippen LogP contribution in [0.25, 0.3) is 0 Å². The lowest BCUT2D eigenvalue weighted by molar-refractivity contribution is -0.127. The van der Waals surface area contributed by atoms with Crippen LogP contribution in [-0.2, 0) is 9.53 Å². The van der Waals surface area contributed by atoms with Gasteiger partial charge in [-0.15, -0.1) is 0 Å². The van der Waals surface area contributed by atoms with Crippen molar-refractivity contribution in [2.24, 2.45) is 5.92 Å². The van der Waals surface area contributed by atoms with Crippen molar-refractivity contribution >= 4 is 5.91 Å². The van der Waals surface area contributed by atoms with Crippen molar-refractivity contribution in [3.63, 3.8) is 0 Å². The summed E-state index contributed by atoms with van der Waals surface area (Å²) in [7, 11) is 1.77. The molecule has 0 aliphatic heterocycles. The Labute approximate surface area is 97.9 Å². The molecule has 0 aromatic carbocycles.